The lowest BCUT2D eigenvalue weighted by molar-refractivity contribution is -0.143. The molecule has 0 spiro atoms. The number of aryl methyl sites for hydroxylation is 1. The second-order valence-corrected chi connectivity index (χ2v) is 11.4. The molecule has 0 saturated heterocycles. The third kappa shape index (κ3) is 5.92. The number of sulfonamides is 1. The lowest BCUT2D eigenvalue weighted by atomic mass is 10.2. The van der Waals surface area contributed by atoms with Gasteiger partial charge in [-0.3, -0.25) is 14.3 Å². The van der Waals surface area contributed by atoms with E-state index in [1.54, 1.807) is 23.6 Å². The van der Waals surface area contributed by atoms with Crippen molar-refractivity contribution >= 4 is 65.1 Å². The predicted octanol–water partition coefficient (Wildman–Crippen LogP) is 4.88. The zero-order valence-corrected chi connectivity index (χ0v) is 22.6. The summed E-state index contributed by atoms with van der Waals surface area (Å²) >= 11 is 4.71. The van der Waals surface area contributed by atoms with Gasteiger partial charge in [0.25, 0.3) is 15.9 Å². The van der Waals surface area contributed by atoms with Gasteiger partial charge in [-0.1, -0.05) is 45.0 Å². The fourth-order valence-electron chi connectivity index (χ4n) is 3.38. The van der Waals surface area contributed by atoms with Crippen molar-refractivity contribution < 1.29 is 22.7 Å². The topological polar surface area (TPSA) is 107 Å². The molecule has 4 rings (SSSR count). The minimum absolute atomic E-state index is 0.0820. The van der Waals surface area contributed by atoms with Crippen LogP contribution in [-0.2, 0) is 26.1 Å². The number of fused-ring (bicyclic) bond motifs is 1. The van der Waals surface area contributed by atoms with Crippen LogP contribution in [0.3, 0.4) is 0 Å². The number of thiazole rings is 1. The van der Waals surface area contributed by atoms with Crippen LogP contribution in [0.5, 0.6) is 0 Å². The largest absolute Gasteiger partial charge is 0.465 e. The maximum Gasteiger partial charge on any atom is 0.326 e. The first-order valence-corrected chi connectivity index (χ1v) is 14.0. The maximum atomic E-state index is 12.9. The zero-order valence-electron chi connectivity index (χ0n) is 19.4. The molecule has 0 aliphatic heterocycles. The van der Waals surface area contributed by atoms with E-state index in [2.05, 4.69) is 25.6 Å². The van der Waals surface area contributed by atoms with E-state index >= 15 is 0 Å². The average molecular weight is 589 g/mol. The van der Waals surface area contributed by atoms with Crippen molar-refractivity contribution in [2.45, 2.75) is 25.3 Å². The number of halogens is 1. The van der Waals surface area contributed by atoms with Crippen LogP contribution in [0, 0.1) is 6.92 Å². The first-order valence-electron chi connectivity index (χ1n) is 10.9. The van der Waals surface area contributed by atoms with E-state index in [1.165, 1.54) is 47.7 Å². The summed E-state index contributed by atoms with van der Waals surface area (Å²) in [6.45, 7) is 3.77. The highest BCUT2D eigenvalue weighted by Crippen LogP contribution is 2.23. The first-order chi connectivity index (χ1) is 17.2. The molecule has 1 N–H and O–H groups in total. The van der Waals surface area contributed by atoms with Gasteiger partial charge >= 0.3 is 5.97 Å². The summed E-state index contributed by atoms with van der Waals surface area (Å²) in [6.07, 6.45) is 0. The van der Waals surface area contributed by atoms with Gasteiger partial charge < -0.3 is 9.30 Å². The van der Waals surface area contributed by atoms with E-state index < -0.39 is 21.9 Å². The Hall–Kier alpha value is -3.28. The van der Waals surface area contributed by atoms with E-state index in [1.807, 2.05) is 25.1 Å². The average Bonchev–Trinajstić information content (AvgIpc) is 3.15. The maximum absolute atomic E-state index is 12.9. The van der Waals surface area contributed by atoms with Crippen molar-refractivity contribution in [1.29, 1.82) is 0 Å². The van der Waals surface area contributed by atoms with Gasteiger partial charge in [0.15, 0.2) is 4.80 Å². The standard InChI is InChI=1S/C25H22BrN3O5S2/c1-3-34-23(30)15-29-21-13-8-18(26)14-22(21)35-25(29)27-24(31)17-6-9-19(10-7-17)28-36(32,33)20-11-4-16(2)5-12-20/h4-14,28H,3,15H2,1-2H3. The Morgan fingerprint density at radius 1 is 1.06 bits per heavy atom. The molecule has 1 amide bonds. The molecular weight excluding hydrogens is 566 g/mol. The van der Waals surface area contributed by atoms with Gasteiger partial charge in [0.1, 0.15) is 6.54 Å². The van der Waals surface area contributed by atoms with Crippen LogP contribution in [0.4, 0.5) is 5.69 Å². The Labute approximate surface area is 220 Å². The molecule has 8 nitrogen and oxygen atoms in total. The number of nitrogens with one attached hydrogen (secondary N) is 1. The van der Waals surface area contributed by atoms with Crippen LogP contribution in [0.15, 0.2) is 81.1 Å². The monoisotopic (exact) mass is 587 g/mol. The fraction of sp³-hybridized carbons (Fsp3) is 0.160. The van der Waals surface area contributed by atoms with Gasteiger partial charge in [-0.15, -0.1) is 0 Å². The predicted molar refractivity (Wildman–Crippen MR) is 142 cm³/mol. The molecule has 0 unspecified atom stereocenters. The van der Waals surface area contributed by atoms with Crippen molar-refractivity contribution in [3.63, 3.8) is 0 Å². The molecular formula is C25H22BrN3O5S2. The van der Waals surface area contributed by atoms with Crippen LogP contribution >= 0.6 is 27.3 Å². The highest BCUT2D eigenvalue weighted by Gasteiger charge is 2.16. The summed E-state index contributed by atoms with van der Waals surface area (Å²) < 4.78 is 36.2. The lowest BCUT2D eigenvalue weighted by Gasteiger charge is -2.08. The molecule has 0 fully saturated rings. The van der Waals surface area contributed by atoms with Gasteiger partial charge in [-0.25, -0.2) is 8.42 Å². The second-order valence-electron chi connectivity index (χ2n) is 7.80. The zero-order chi connectivity index (χ0) is 25.9. The number of nitrogens with zero attached hydrogens (tertiary/aromatic N) is 2. The number of carbonyl (C=O) groups is 2. The highest BCUT2D eigenvalue weighted by atomic mass is 79.9. The SMILES string of the molecule is CCOC(=O)Cn1c(=NC(=O)c2ccc(NS(=O)(=O)c3ccc(C)cc3)cc2)sc2cc(Br)ccc21. The van der Waals surface area contributed by atoms with Crippen LogP contribution < -0.4 is 9.52 Å². The number of rotatable bonds is 7. The highest BCUT2D eigenvalue weighted by molar-refractivity contribution is 9.10. The van der Waals surface area contributed by atoms with E-state index in [4.69, 9.17) is 4.74 Å². The number of amides is 1. The van der Waals surface area contributed by atoms with E-state index in [0.29, 0.717) is 10.5 Å². The molecule has 0 aliphatic rings. The minimum Gasteiger partial charge on any atom is -0.465 e. The van der Waals surface area contributed by atoms with Gasteiger partial charge in [-0.05, 0) is 68.4 Å². The third-order valence-corrected chi connectivity index (χ3v) is 8.08. The molecule has 36 heavy (non-hydrogen) atoms. The molecule has 0 aliphatic carbocycles. The normalized spacial score (nSPS) is 12.0. The Balaban J connectivity index is 1.61. The molecule has 1 heterocycles. The van der Waals surface area contributed by atoms with Crippen LogP contribution in [0.1, 0.15) is 22.8 Å². The number of benzene rings is 3. The van der Waals surface area contributed by atoms with Crippen molar-refractivity contribution in [2.24, 2.45) is 4.99 Å². The van der Waals surface area contributed by atoms with Crippen molar-refractivity contribution in [3.8, 4) is 0 Å². The van der Waals surface area contributed by atoms with Crippen molar-refractivity contribution in [1.82, 2.24) is 4.57 Å². The summed E-state index contributed by atoms with van der Waals surface area (Å²) in [4.78, 5) is 29.9. The number of carbonyl (C=O) groups excluding carboxylic acids is 2. The van der Waals surface area contributed by atoms with E-state index in [9.17, 15) is 18.0 Å². The Morgan fingerprint density at radius 2 is 1.75 bits per heavy atom. The fourth-order valence-corrected chi connectivity index (χ4v) is 6.02. The van der Waals surface area contributed by atoms with Gasteiger partial charge in [0, 0.05) is 15.7 Å². The summed E-state index contributed by atoms with van der Waals surface area (Å²) in [5.74, 6) is -0.953. The van der Waals surface area contributed by atoms with Gasteiger partial charge in [0.2, 0.25) is 0 Å². The minimum atomic E-state index is -3.76. The summed E-state index contributed by atoms with van der Waals surface area (Å²) in [7, 11) is -3.76. The molecule has 4 aromatic rings. The number of aromatic nitrogens is 1. The molecule has 0 saturated carbocycles. The summed E-state index contributed by atoms with van der Waals surface area (Å²) in [6, 6.07) is 18.1. The summed E-state index contributed by atoms with van der Waals surface area (Å²) in [5, 5.41) is 0. The van der Waals surface area contributed by atoms with Gasteiger partial charge in [0.05, 0.1) is 21.7 Å². The number of esters is 1. The van der Waals surface area contributed by atoms with E-state index in [0.717, 1.165) is 20.3 Å². The molecule has 11 heteroatoms. The van der Waals surface area contributed by atoms with Crippen LogP contribution in [0.25, 0.3) is 10.2 Å². The number of ether oxygens (including phenoxy) is 1. The summed E-state index contributed by atoms with van der Waals surface area (Å²) in [5.41, 5.74) is 2.30. The Bertz CT molecular complexity index is 1610. The Morgan fingerprint density at radius 3 is 2.42 bits per heavy atom. The van der Waals surface area contributed by atoms with Crippen molar-refractivity contribution in [3.05, 3.63) is 87.1 Å². The van der Waals surface area contributed by atoms with Crippen LogP contribution in [0.2, 0.25) is 0 Å². The van der Waals surface area contributed by atoms with Crippen molar-refractivity contribution in [2.75, 3.05) is 11.3 Å². The Kier molecular flexibility index (Phi) is 7.72. The smallest absolute Gasteiger partial charge is 0.326 e. The second kappa shape index (κ2) is 10.8. The number of anilines is 1. The lowest BCUT2D eigenvalue weighted by Crippen LogP contribution is -2.23. The molecule has 0 atom stereocenters. The molecule has 0 radical (unpaired) electrons. The third-order valence-electron chi connectivity index (χ3n) is 5.15. The van der Waals surface area contributed by atoms with Gasteiger partial charge in [-0.2, -0.15) is 4.99 Å². The molecule has 3 aromatic carbocycles. The molecule has 0 bridgehead atoms. The number of hydrogen-bond acceptors (Lipinski definition) is 6. The number of hydrogen-bond donors (Lipinski definition) is 1. The first kappa shape index (κ1) is 25.8. The molecule has 186 valence electrons. The molecule has 1 aromatic heterocycles. The van der Waals surface area contributed by atoms with Crippen LogP contribution in [-0.4, -0.2) is 31.5 Å². The quantitative estimate of drug-likeness (QED) is 0.310. The van der Waals surface area contributed by atoms with E-state index in [-0.39, 0.29) is 23.6 Å².